The Balaban J connectivity index is 2.05. The molecule has 1 heterocycles. The Bertz CT molecular complexity index is 375. The quantitative estimate of drug-likeness (QED) is 0.803. The number of anilines is 1. The van der Waals surface area contributed by atoms with E-state index in [9.17, 15) is 4.79 Å². The number of rotatable bonds is 2. The van der Waals surface area contributed by atoms with Crippen molar-refractivity contribution in [1.82, 2.24) is 4.90 Å². The van der Waals surface area contributed by atoms with Crippen LogP contribution in [-0.2, 0) is 0 Å². The summed E-state index contributed by atoms with van der Waals surface area (Å²) in [4.78, 5) is 12.3. The second-order valence-electron chi connectivity index (χ2n) is 4.09. The van der Waals surface area contributed by atoms with Crippen LogP contribution in [0.2, 0.25) is 0 Å². The Morgan fingerprint density at radius 2 is 2.12 bits per heavy atom. The normalized spacial score (nSPS) is 19.8. The maximum Gasteiger partial charge on any atom is 0.407 e. The van der Waals surface area contributed by atoms with E-state index in [0.717, 1.165) is 12.1 Å². The molecule has 1 atom stereocenters. The standard InChI is InChI=1S/C12H16N2O2/c1-13-11-4-2-9(3-5-11)10-6-7-14(8-10)12(15)16/h2-5,10,13H,6-8H2,1H3,(H,15,16). The minimum absolute atomic E-state index is 0.349. The van der Waals surface area contributed by atoms with Crippen molar-refractivity contribution in [3.8, 4) is 0 Å². The molecule has 1 saturated heterocycles. The third kappa shape index (κ3) is 2.10. The van der Waals surface area contributed by atoms with E-state index in [1.807, 2.05) is 19.2 Å². The highest BCUT2D eigenvalue weighted by molar-refractivity contribution is 5.65. The zero-order valence-electron chi connectivity index (χ0n) is 9.31. The summed E-state index contributed by atoms with van der Waals surface area (Å²) in [5, 5.41) is 11.9. The molecule has 86 valence electrons. The summed E-state index contributed by atoms with van der Waals surface area (Å²) in [7, 11) is 1.89. The Morgan fingerprint density at radius 1 is 1.44 bits per heavy atom. The summed E-state index contributed by atoms with van der Waals surface area (Å²) < 4.78 is 0. The highest BCUT2D eigenvalue weighted by Gasteiger charge is 2.26. The Labute approximate surface area is 94.9 Å². The molecule has 0 bridgehead atoms. The van der Waals surface area contributed by atoms with Gasteiger partial charge in [0.05, 0.1) is 0 Å². The lowest BCUT2D eigenvalue weighted by molar-refractivity contribution is 0.155. The van der Waals surface area contributed by atoms with E-state index >= 15 is 0 Å². The molecule has 1 aliphatic heterocycles. The third-order valence-corrected chi connectivity index (χ3v) is 3.13. The van der Waals surface area contributed by atoms with E-state index < -0.39 is 6.09 Å². The molecule has 4 nitrogen and oxygen atoms in total. The van der Waals surface area contributed by atoms with Crippen molar-refractivity contribution in [1.29, 1.82) is 0 Å². The zero-order valence-corrected chi connectivity index (χ0v) is 9.31. The van der Waals surface area contributed by atoms with Crippen molar-refractivity contribution in [2.75, 3.05) is 25.5 Å². The molecule has 0 spiro atoms. The van der Waals surface area contributed by atoms with E-state index in [-0.39, 0.29) is 0 Å². The van der Waals surface area contributed by atoms with Crippen molar-refractivity contribution < 1.29 is 9.90 Å². The molecule has 1 aliphatic rings. The van der Waals surface area contributed by atoms with Gasteiger partial charge in [-0.15, -0.1) is 0 Å². The number of nitrogens with zero attached hydrogens (tertiary/aromatic N) is 1. The van der Waals surface area contributed by atoms with Crippen LogP contribution >= 0.6 is 0 Å². The molecule has 16 heavy (non-hydrogen) atoms. The van der Waals surface area contributed by atoms with Crippen LogP contribution in [0, 0.1) is 0 Å². The molecule has 0 saturated carbocycles. The monoisotopic (exact) mass is 220 g/mol. The smallest absolute Gasteiger partial charge is 0.407 e. The van der Waals surface area contributed by atoms with Gasteiger partial charge >= 0.3 is 6.09 Å². The number of carboxylic acid groups (broad SMARTS) is 1. The van der Waals surface area contributed by atoms with E-state index in [4.69, 9.17) is 5.11 Å². The second kappa shape index (κ2) is 4.43. The molecule has 1 unspecified atom stereocenters. The van der Waals surface area contributed by atoms with Crippen LogP contribution in [0.15, 0.2) is 24.3 Å². The van der Waals surface area contributed by atoms with E-state index in [1.54, 1.807) is 0 Å². The van der Waals surface area contributed by atoms with Crippen LogP contribution < -0.4 is 5.32 Å². The zero-order chi connectivity index (χ0) is 11.5. The molecular formula is C12H16N2O2. The van der Waals surface area contributed by atoms with Crippen molar-refractivity contribution in [3.05, 3.63) is 29.8 Å². The van der Waals surface area contributed by atoms with Crippen molar-refractivity contribution in [3.63, 3.8) is 0 Å². The molecule has 1 fully saturated rings. The maximum absolute atomic E-state index is 10.8. The van der Waals surface area contributed by atoms with Crippen molar-refractivity contribution >= 4 is 11.8 Å². The summed E-state index contributed by atoms with van der Waals surface area (Å²) >= 11 is 0. The van der Waals surface area contributed by atoms with Crippen LogP contribution in [-0.4, -0.2) is 36.2 Å². The molecular weight excluding hydrogens is 204 g/mol. The summed E-state index contributed by atoms with van der Waals surface area (Å²) in [5.41, 5.74) is 2.31. The minimum Gasteiger partial charge on any atom is -0.465 e. The van der Waals surface area contributed by atoms with Crippen LogP contribution in [0.25, 0.3) is 0 Å². The minimum atomic E-state index is -0.811. The predicted molar refractivity (Wildman–Crippen MR) is 62.9 cm³/mol. The Morgan fingerprint density at radius 3 is 2.62 bits per heavy atom. The Hall–Kier alpha value is -1.71. The van der Waals surface area contributed by atoms with Crippen LogP contribution in [0.4, 0.5) is 10.5 Å². The fourth-order valence-corrected chi connectivity index (χ4v) is 2.13. The van der Waals surface area contributed by atoms with Gasteiger partial charge in [0.15, 0.2) is 0 Å². The topological polar surface area (TPSA) is 52.6 Å². The van der Waals surface area contributed by atoms with Crippen LogP contribution in [0.3, 0.4) is 0 Å². The average Bonchev–Trinajstić information content (AvgIpc) is 2.78. The molecule has 1 aromatic carbocycles. The molecule has 2 rings (SSSR count). The molecule has 0 aromatic heterocycles. The highest BCUT2D eigenvalue weighted by Crippen LogP contribution is 2.27. The first-order chi connectivity index (χ1) is 7.70. The number of hydrogen-bond acceptors (Lipinski definition) is 2. The van der Waals surface area contributed by atoms with Gasteiger partial charge in [0, 0.05) is 31.7 Å². The number of hydrogen-bond donors (Lipinski definition) is 2. The summed E-state index contributed by atoms with van der Waals surface area (Å²) in [6.07, 6.45) is 0.111. The lowest BCUT2D eigenvalue weighted by Crippen LogP contribution is -2.26. The number of amides is 1. The molecule has 0 aliphatic carbocycles. The first kappa shape index (κ1) is 10.8. The fraction of sp³-hybridized carbons (Fsp3) is 0.417. The van der Waals surface area contributed by atoms with Crippen molar-refractivity contribution in [2.24, 2.45) is 0 Å². The predicted octanol–water partition coefficient (Wildman–Crippen LogP) is 2.20. The number of nitrogens with one attached hydrogen (secondary N) is 1. The largest absolute Gasteiger partial charge is 0.465 e. The first-order valence-electron chi connectivity index (χ1n) is 5.46. The molecule has 1 amide bonds. The Kier molecular flexibility index (Phi) is 2.99. The highest BCUT2D eigenvalue weighted by atomic mass is 16.4. The van der Waals surface area contributed by atoms with Crippen molar-refractivity contribution in [2.45, 2.75) is 12.3 Å². The van der Waals surface area contributed by atoms with Gasteiger partial charge in [-0.25, -0.2) is 4.79 Å². The van der Waals surface area contributed by atoms with Gasteiger partial charge in [-0.3, -0.25) is 0 Å². The molecule has 2 N–H and O–H groups in total. The van der Waals surface area contributed by atoms with Gasteiger partial charge in [0.25, 0.3) is 0 Å². The van der Waals surface area contributed by atoms with Gasteiger partial charge in [0.2, 0.25) is 0 Å². The average molecular weight is 220 g/mol. The third-order valence-electron chi connectivity index (χ3n) is 3.13. The van der Waals surface area contributed by atoms with Gasteiger partial charge in [-0.1, -0.05) is 12.1 Å². The second-order valence-corrected chi connectivity index (χ2v) is 4.09. The van der Waals surface area contributed by atoms with Gasteiger partial charge in [-0.2, -0.15) is 0 Å². The van der Waals surface area contributed by atoms with Gasteiger partial charge < -0.3 is 15.3 Å². The lowest BCUT2D eigenvalue weighted by atomic mass is 9.98. The molecule has 4 heteroatoms. The SMILES string of the molecule is CNc1ccc(C2CCN(C(=O)O)C2)cc1. The lowest BCUT2D eigenvalue weighted by Gasteiger charge is -2.12. The van der Waals surface area contributed by atoms with Gasteiger partial charge in [0.1, 0.15) is 0 Å². The van der Waals surface area contributed by atoms with E-state index in [2.05, 4.69) is 17.4 Å². The first-order valence-corrected chi connectivity index (χ1v) is 5.46. The van der Waals surface area contributed by atoms with Crippen LogP contribution in [0.1, 0.15) is 17.9 Å². The molecule has 1 aromatic rings. The molecule has 0 radical (unpaired) electrons. The number of likely N-dealkylation sites (tertiary alicyclic amines) is 1. The summed E-state index contributed by atoms with van der Waals surface area (Å²) in [6.45, 7) is 1.27. The fourth-order valence-electron chi connectivity index (χ4n) is 2.13. The van der Waals surface area contributed by atoms with E-state index in [0.29, 0.717) is 19.0 Å². The maximum atomic E-state index is 10.8. The number of carbonyl (C=O) groups is 1. The summed E-state index contributed by atoms with van der Waals surface area (Å²) in [6, 6.07) is 8.20. The summed E-state index contributed by atoms with van der Waals surface area (Å²) in [5.74, 6) is 0.349. The van der Waals surface area contributed by atoms with E-state index in [1.165, 1.54) is 10.5 Å². The van der Waals surface area contributed by atoms with Gasteiger partial charge in [-0.05, 0) is 24.1 Å². The van der Waals surface area contributed by atoms with Crippen LogP contribution in [0.5, 0.6) is 0 Å². The number of benzene rings is 1.